The van der Waals surface area contributed by atoms with E-state index in [0.717, 1.165) is 5.56 Å². The number of hydrogen-bond donors (Lipinski definition) is 1. The Bertz CT molecular complexity index is 391. The molecule has 0 spiro atoms. The lowest BCUT2D eigenvalue weighted by Crippen LogP contribution is -2.30. The van der Waals surface area contributed by atoms with Gasteiger partial charge < -0.3 is 19.9 Å². The average molecular weight is 258 g/mol. The summed E-state index contributed by atoms with van der Waals surface area (Å²) in [6.07, 6.45) is 0.573. The van der Waals surface area contributed by atoms with Crippen LogP contribution in [0.15, 0.2) is 18.2 Å². The lowest BCUT2D eigenvalue weighted by atomic mass is 10.0. The molecule has 0 aromatic heterocycles. The van der Waals surface area contributed by atoms with Crippen LogP contribution in [0.5, 0.6) is 5.75 Å². The lowest BCUT2D eigenvalue weighted by molar-refractivity contribution is -0.169. The average Bonchev–Trinajstić information content (AvgIpc) is 2.79. The van der Waals surface area contributed by atoms with Crippen LogP contribution in [0.25, 0.3) is 0 Å². The van der Waals surface area contributed by atoms with Crippen LogP contribution < -0.4 is 10.5 Å². The minimum atomic E-state index is -0.814. The highest BCUT2D eigenvalue weighted by atomic mass is 35.5. The first kappa shape index (κ1) is 12.6. The first-order chi connectivity index (χ1) is 8.22. The third kappa shape index (κ3) is 2.40. The van der Waals surface area contributed by atoms with Gasteiger partial charge >= 0.3 is 0 Å². The van der Waals surface area contributed by atoms with Gasteiger partial charge in [-0.1, -0.05) is 11.6 Å². The second-order valence-corrected chi connectivity index (χ2v) is 4.27. The second-order valence-electron chi connectivity index (χ2n) is 3.83. The van der Waals surface area contributed by atoms with Crippen LogP contribution in [0.2, 0.25) is 5.02 Å². The molecule has 94 valence electrons. The van der Waals surface area contributed by atoms with Gasteiger partial charge in [0.1, 0.15) is 5.75 Å². The lowest BCUT2D eigenvalue weighted by Gasteiger charge is -2.28. The third-order valence-electron chi connectivity index (χ3n) is 2.80. The Hall–Kier alpha value is -0.810. The van der Waals surface area contributed by atoms with Crippen molar-refractivity contribution in [2.75, 3.05) is 26.9 Å². The van der Waals surface area contributed by atoms with Crippen molar-refractivity contribution in [2.24, 2.45) is 5.73 Å². The van der Waals surface area contributed by atoms with Gasteiger partial charge in [-0.05, 0) is 24.7 Å². The summed E-state index contributed by atoms with van der Waals surface area (Å²) in [7, 11) is 1.61. The fourth-order valence-corrected chi connectivity index (χ4v) is 2.23. The molecule has 1 aromatic carbocycles. The standard InChI is InChI=1S/C12H16ClNO3/c1-15-11-3-2-9(13)8-10(11)12(4-5-14)16-6-7-17-12/h2-3,8H,4-7,14H2,1H3. The Labute approximate surface area is 106 Å². The normalized spacial score (nSPS) is 18.3. The quantitative estimate of drug-likeness (QED) is 0.895. The molecule has 0 radical (unpaired) electrons. The fraction of sp³-hybridized carbons (Fsp3) is 0.500. The van der Waals surface area contributed by atoms with E-state index in [1.54, 1.807) is 25.3 Å². The molecule has 1 aliphatic rings. The maximum absolute atomic E-state index is 6.02. The summed E-state index contributed by atoms with van der Waals surface area (Å²) in [5, 5.41) is 0.622. The Morgan fingerprint density at radius 1 is 1.41 bits per heavy atom. The molecule has 0 amide bonds. The molecule has 2 N–H and O–H groups in total. The van der Waals surface area contributed by atoms with Gasteiger partial charge in [-0.15, -0.1) is 0 Å². The predicted molar refractivity (Wildman–Crippen MR) is 65.3 cm³/mol. The Morgan fingerprint density at radius 2 is 2.12 bits per heavy atom. The van der Waals surface area contributed by atoms with Crippen molar-refractivity contribution in [1.82, 2.24) is 0 Å². The summed E-state index contributed by atoms with van der Waals surface area (Å²) in [6, 6.07) is 5.39. The maximum Gasteiger partial charge on any atom is 0.199 e. The van der Waals surface area contributed by atoms with Gasteiger partial charge in [0.2, 0.25) is 0 Å². The van der Waals surface area contributed by atoms with Crippen LogP contribution >= 0.6 is 11.6 Å². The van der Waals surface area contributed by atoms with Crippen LogP contribution in [0, 0.1) is 0 Å². The summed E-state index contributed by atoms with van der Waals surface area (Å²) in [4.78, 5) is 0. The number of nitrogens with two attached hydrogens (primary N) is 1. The molecule has 0 atom stereocenters. The van der Waals surface area contributed by atoms with Gasteiger partial charge in [-0.3, -0.25) is 0 Å². The summed E-state index contributed by atoms with van der Waals surface area (Å²) in [5.41, 5.74) is 6.43. The maximum atomic E-state index is 6.02. The predicted octanol–water partition coefficient (Wildman–Crippen LogP) is 1.90. The third-order valence-corrected chi connectivity index (χ3v) is 3.03. The van der Waals surface area contributed by atoms with Crippen molar-refractivity contribution in [3.05, 3.63) is 28.8 Å². The van der Waals surface area contributed by atoms with E-state index < -0.39 is 5.79 Å². The van der Waals surface area contributed by atoms with Gasteiger partial charge in [-0.25, -0.2) is 0 Å². The number of rotatable bonds is 4. The molecule has 4 nitrogen and oxygen atoms in total. The smallest absolute Gasteiger partial charge is 0.199 e. The van der Waals surface area contributed by atoms with E-state index in [0.29, 0.717) is 37.0 Å². The molecule has 1 heterocycles. The van der Waals surface area contributed by atoms with Crippen molar-refractivity contribution in [3.63, 3.8) is 0 Å². The number of ether oxygens (including phenoxy) is 3. The van der Waals surface area contributed by atoms with Gasteiger partial charge in [-0.2, -0.15) is 0 Å². The highest BCUT2D eigenvalue weighted by Crippen LogP contribution is 2.40. The zero-order valence-corrected chi connectivity index (χ0v) is 10.5. The molecule has 1 aromatic rings. The Balaban J connectivity index is 2.44. The van der Waals surface area contributed by atoms with E-state index in [2.05, 4.69) is 0 Å². The van der Waals surface area contributed by atoms with Crippen molar-refractivity contribution < 1.29 is 14.2 Å². The minimum absolute atomic E-state index is 0.468. The monoisotopic (exact) mass is 257 g/mol. The van der Waals surface area contributed by atoms with Crippen molar-refractivity contribution >= 4 is 11.6 Å². The molecule has 1 saturated heterocycles. The Morgan fingerprint density at radius 3 is 2.71 bits per heavy atom. The number of hydrogen-bond acceptors (Lipinski definition) is 4. The Kier molecular flexibility index (Phi) is 3.89. The van der Waals surface area contributed by atoms with Crippen molar-refractivity contribution in [2.45, 2.75) is 12.2 Å². The van der Waals surface area contributed by atoms with E-state index >= 15 is 0 Å². The largest absolute Gasteiger partial charge is 0.496 e. The van der Waals surface area contributed by atoms with E-state index in [1.807, 2.05) is 0 Å². The van der Waals surface area contributed by atoms with Crippen LogP contribution in [-0.4, -0.2) is 26.9 Å². The SMILES string of the molecule is COc1ccc(Cl)cc1C1(CCN)OCCO1. The molecule has 5 heteroatoms. The highest BCUT2D eigenvalue weighted by molar-refractivity contribution is 6.30. The van der Waals surface area contributed by atoms with Gasteiger partial charge in [0.15, 0.2) is 5.79 Å². The summed E-state index contributed by atoms with van der Waals surface area (Å²) < 4.78 is 16.8. The molecule has 17 heavy (non-hydrogen) atoms. The first-order valence-electron chi connectivity index (χ1n) is 5.54. The zero-order valence-electron chi connectivity index (χ0n) is 9.74. The molecule has 1 aliphatic heterocycles. The summed E-state index contributed by atoms with van der Waals surface area (Å²) in [5.74, 6) is -0.116. The van der Waals surface area contributed by atoms with Gasteiger partial charge in [0.25, 0.3) is 0 Å². The van der Waals surface area contributed by atoms with Gasteiger partial charge in [0.05, 0.1) is 25.9 Å². The topological polar surface area (TPSA) is 53.7 Å². The van der Waals surface area contributed by atoms with Crippen LogP contribution in [0.3, 0.4) is 0 Å². The molecule has 2 rings (SSSR count). The number of halogens is 1. The molecule has 0 aliphatic carbocycles. The first-order valence-corrected chi connectivity index (χ1v) is 5.91. The van der Waals surface area contributed by atoms with E-state index in [-0.39, 0.29) is 0 Å². The molecular formula is C12H16ClNO3. The second kappa shape index (κ2) is 5.23. The molecule has 0 unspecified atom stereocenters. The van der Waals surface area contributed by atoms with E-state index in [1.165, 1.54) is 0 Å². The van der Waals surface area contributed by atoms with Crippen LogP contribution in [-0.2, 0) is 15.3 Å². The van der Waals surface area contributed by atoms with E-state index in [4.69, 9.17) is 31.5 Å². The van der Waals surface area contributed by atoms with Crippen molar-refractivity contribution in [3.8, 4) is 5.75 Å². The zero-order chi connectivity index (χ0) is 12.3. The van der Waals surface area contributed by atoms with Gasteiger partial charge in [0, 0.05) is 11.4 Å². The molecule has 1 fully saturated rings. The van der Waals surface area contributed by atoms with Crippen molar-refractivity contribution in [1.29, 1.82) is 0 Å². The molecule has 0 saturated carbocycles. The fourth-order valence-electron chi connectivity index (χ4n) is 2.06. The summed E-state index contributed by atoms with van der Waals surface area (Å²) in [6.45, 7) is 1.57. The highest BCUT2D eigenvalue weighted by Gasteiger charge is 2.40. The number of methoxy groups -OCH3 is 1. The van der Waals surface area contributed by atoms with Crippen LogP contribution in [0.1, 0.15) is 12.0 Å². The number of benzene rings is 1. The van der Waals surface area contributed by atoms with E-state index in [9.17, 15) is 0 Å². The minimum Gasteiger partial charge on any atom is -0.496 e. The molecule has 0 bridgehead atoms. The molecular weight excluding hydrogens is 242 g/mol. The van der Waals surface area contributed by atoms with Crippen LogP contribution in [0.4, 0.5) is 0 Å². The summed E-state index contributed by atoms with van der Waals surface area (Å²) >= 11 is 6.02.